The van der Waals surface area contributed by atoms with Gasteiger partial charge in [0.05, 0.1) is 11.3 Å². The van der Waals surface area contributed by atoms with Gasteiger partial charge in [-0.05, 0) is 35.4 Å². The summed E-state index contributed by atoms with van der Waals surface area (Å²) in [4.78, 5) is 11.8. The summed E-state index contributed by atoms with van der Waals surface area (Å²) in [7, 11) is 1.19. The second-order valence-corrected chi connectivity index (χ2v) is 5.75. The molecule has 0 aliphatic rings. The smallest absolute Gasteiger partial charge is 0.365 e. The molecule has 0 saturated carbocycles. The average Bonchev–Trinajstić information content (AvgIpc) is 2.93. The van der Waals surface area contributed by atoms with Crippen LogP contribution in [0.4, 0.5) is 22.0 Å². The Kier molecular flexibility index (Phi) is 4.46. The lowest BCUT2D eigenvalue weighted by atomic mass is 9.94. The third-order valence-electron chi connectivity index (χ3n) is 3.95. The molecular weight excluding hydrogens is 369 g/mol. The van der Waals surface area contributed by atoms with E-state index in [4.69, 9.17) is 5.73 Å². The van der Waals surface area contributed by atoms with Gasteiger partial charge >= 0.3 is 6.18 Å². The standard InChI is InChI=1S/C18H12F5N3O/c1-26-15(14(17(24)27)16(25-26)18(21,22)23)13-8-11(20)6-7-12(13)9-2-4-10(19)5-3-9/h2-8H,1H3,(H2,24,27). The highest BCUT2D eigenvalue weighted by atomic mass is 19.4. The largest absolute Gasteiger partial charge is 0.435 e. The molecule has 0 spiro atoms. The number of benzene rings is 2. The predicted molar refractivity (Wildman–Crippen MR) is 87.5 cm³/mol. The summed E-state index contributed by atoms with van der Waals surface area (Å²) < 4.78 is 67.7. The molecule has 0 bridgehead atoms. The van der Waals surface area contributed by atoms with Crippen LogP contribution < -0.4 is 5.73 Å². The molecule has 2 N–H and O–H groups in total. The van der Waals surface area contributed by atoms with Crippen molar-refractivity contribution in [3.63, 3.8) is 0 Å². The first-order valence-electron chi connectivity index (χ1n) is 7.59. The normalized spacial score (nSPS) is 11.6. The van der Waals surface area contributed by atoms with Crippen LogP contribution in [0.15, 0.2) is 42.5 Å². The number of amides is 1. The molecule has 4 nitrogen and oxygen atoms in total. The second kappa shape index (κ2) is 6.49. The maximum Gasteiger partial charge on any atom is 0.435 e. The Labute approximate surface area is 150 Å². The van der Waals surface area contributed by atoms with Crippen LogP contribution in [-0.2, 0) is 13.2 Å². The van der Waals surface area contributed by atoms with Gasteiger partial charge in [0.15, 0.2) is 5.69 Å². The fourth-order valence-corrected chi connectivity index (χ4v) is 2.86. The summed E-state index contributed by atoms with van der Waals surface area (Å²) in [6, 6.07) is 8.48. The second-order valence-electron chi connectivity index (χ2n) is 5.75. The Hall–Kier alpha value is -3.23. The van der Waals surface area contributed by atoms with Crippen molar-refractivity contribution in [1.29, 1.82) is 0 Å². The Morgan fingerprint density at radius 1 is 1.00 bits per heavy atom. The van der Waals surface area contributed by atoms with E-state index in [1.54, 1.807) is 0 Å². The Balaban J connectivity index is 2.35. The number of aromatic nitrogens is 2. The lowest BCUT2D eigenvalue weighted by Gasteiger charge is -2.12. The fraction of sp³-hybridized carbons (Fsp3) is 0.111. The first kappa shape index (κ1) is 18.6. The highest BCUT2D eigenvalue weighted by Crippen LogP contribution is 2.39. The lowest BCUT2D eigenvalue weighted by molar-refractivity contribution is -0.141. The minimum Gasteiger partial charge on any atom is -0.365 e. The molecule has 3 rings (SSSR count). The number of nitrogens with two attached hydrogens (primary N) is 1. The van der Waals surface area contributed by atoms with Crippen molar-refractivity contribution in [3.8, 4) is 22.4 Å². The topological polar surface area (TPSA) is 60.9 Å². The molecule has 1 amide bonds. The minimum atomic E-state index is -4.93. The number of carbonyl (C=O) groups excluding carboxylic acids is 1. The maximum atomic E-state index is 13.9. The monoisotopic (exact) mass is 381 g/mol. The van der Waals surface area contributed by atoms with Gasteiger partial charge in [-0.1, -0.05) is 18.2 Å². The summed E-state index contributed by atoms with van der Waals surface area (Å²) in [5.74, 6) is -2.60. The van der Waals surface area contributed by atoms with Gasteiger partial charge in [0, 0.05) is 12.6 Å². The molecule has 0 radical (unpaired) electrons. The van der Waals surface area contributed by atoms with Crippen LogP contribution in [0.2, 0.25) is 0 Å². The summed E-state index contributed by atoms with van der Waals surface area (Å²) >= 11 is 0. The number of nitrogens with zero attached hydrogens (tertiary/aromatic N) is 2. The average molecular weight is 381 g/mol. The van der Waals surface area contributed by atoms with Crippen molar-refractivity contribution in [3.05, 3.63) is 65.4 Å². The van der Waals surface area contributed by atoms with Crippen LogP contribution in [0.5, 0.6) is 0 Å². The molecular formula is C18H12F5N3O. The number of aryl methyl sites for hydroxylation is 1. The minimum absolute atomic E-state index is 0.0269. The molecule has 2 aromatic carbocycles. The zero-order valence-electron chi connectivity index (χ0n) is 13.8. The summed E-state index contributed by atoms with van der Waals surface area (Å²) in [6.45, 7) is 0. The van der Waals surface area contributed by atoms with E-state index in [1.807, 2.05) is 0 Å². The highest BCUT2D eigenvalue weighted by molar-refractivity contribution is 6.02. The van der Waals surface area contributed by atoms with Crippen LogP contribution in [0.25, 0.3) is 22.4 Å². The van der Waals surface area contributed by atoms with E-state index in [-0.39, 0.29) is 16.8 Å². The fourth-order valence-electron chi connectivity index (χ4n) is 2.86. The first-order chi connectivity index (χ1) is 12.6. The van der Waals surface area contributed by atoms with Gasteiger partial charge in [0.1, 0.15) is 11.6 Å². The molecule has 9 heteroatoms. The SMILES string of the molecule is Cn1nc(C(F)(F)F)c(C(N)=O)c1-c1cc(F)ccc1-c1ccc(F)cc1. The third kappa shape index (κ3) is 3.40. The molecule has 3 aromatic rings. The van der Waals surface area contributed by atoms with Crippen molar-refractivity contribution in [2.45, 2.75) is 6.18 Å². The van der Waals surface area contributed by atoms with Gasteiger partial charge in [-0.2, -0.15) is 18.3 Å². The van der Waals surface area contributed by atoms with Crippen molar-refractivity contribution >= 4 is 5.91 Å². The number of alkyl halides is 3. The summed E-state index contributed by atoms with van der Waals surface area (Å²) in [5, 5.41) is 3.37. The van der Waals surface area contributed by atoms with Gasteiger partial charge in [-0.3, -0.25) is 9.48 Å². The Morgan fingerprint density at radius 2 is 1.59 bits per heavy atom. The number of primary amides is 1. The first-order valence-corrected chi connectivity index (χ1v) is 7.59. The van der Waals surface area contributed by atoms with E-state index in [0.29, 0.717) is 5.56 Å². The number of rotatable bonds is 3. The number of hydrogen-bond donors (Lipinski definition) is 1. The number of hydrogen-bond acceptors (Lipinski definition) is 2. The highest BCUT2D eigenvalue weighted by Gasteiger charge is 2.41. The Morgan fingerprint density at radius 3 is 2.15 bits per heavy atom. The zero-order valence-corrected chi connectivity index (χ0v) is 13.8. The van der Waals surface area contributed by atoms with Gasteiger partial charge in [-0.25, -0.2) is 8.78 Å². The predicted octanol–water partition coefficient (Wildman–Crippen LogP) is 4.15. The molecule has 0 aliphatic heterocycles. The van der Waals surface area contributed by atoms with E-state index < -0.39 is 35.0 Å². The van der Waals surface area contributed by atoms with Crippen molar-refractivity contribution in [2.24, 2.45) is 12.8 Å². The molecule has 1 aromatic heterocycles. The van der Waals surface area contributed by atoms with Crippen molar-refractivity contribution in [1.82, 2.24) is 9.78 Å². The van der Waals surface area contributed by atoms with Gasteiger partial charge < -0.3 is 5.73 Å². The van der Waals surface area contributed by atoms with Gasteiger partial charge in [0.2, 0.25) is 0 Å². The van der Waals surface area contributed by atoms with Crippen LogP contribution >= 0.6 is 0 Å². The molecule has 0 atom stereocenters. The van der Waals surface area contributed by atoms with Crippen LogP contribution in [0.3, 0.4) is 0 Å². The summed E-state index contributed by atoms with van der Waals surface area (Å²) in [5.41, 5.74) is 3.25. The molecule has 0 saturated heterocycles. The molecule has 140 valence electrons. The van der Waals surface area contributed by atoms with E-state index in [1.165, 1.54) is 25.2 Å². The third-order valence-corrected chi connectivity index (χ3v) is 3.95. The Bertz CT molecular complexity index is 1020. The molecule has 1 heterocycles. The lowest BCUT2D eigenvalue weighted by Crippen LogP contribution is -2.18. The van der Waals surface area contributed by atoms with Crippen molar-refractivity contribution < 1.29 is 26.7 Å². The van der Waals surface area contributed by atoms with E-state index in [2.05, 4.69) is 5.10 Å². The van der Waals surface area contributed by atoms with Crippen LogP contribution in [-0.4, -0.2) is 15.7 Å². The van der Waals surface area contributed by atoms with Crippen molar-refractivity contribution in [2.75, 3.05) is 0 Å². The molecule has 27 heavy (non-hydrogen) atoms. The van der Waals surface area contributed by atoms with E-state index in [9.17, 15) is 26.7 Å². The summed E-state index contributed by atoms with van der Waals surface area (Å²) in [6.07, 6.45) is -4.93. The van der Waals surface area contributed by atoms with Crippen LogP contribution in [0, 0.1) is 11.6 Å². The van der Waals surface area contributed by atoms with Crippen LogP contribution in [0.1, 0.15) is 16.1 Å². The number of halogens is 5. The van der Waals surface area contributed by atoms with E-state index >= 15 is 0 Å². The molecule has 0 aliphatic carbocycles. The van der Waals surface area contributed by atoms with E-state index in [0.717, 1.165) is 28.9 Å². The quantitative estimate of drug-likeness (QED) is 0.693. The molecule has 0 fully saturated rings. The zero-order chi connectivity index (χ0) is 19.9. The number of carbonyl (C=O) groups is 1. The van der Waals surface area contributed by atoms with Gasteiger partial charge in [-0.15, -0.1) is 0 Å². The maximum absolute atomic E-state index is 13.9. The molecule has 0 unspecified atom stereocenters. The van der Waals surface area contributed by atoms with Gasteiger partial charge in [0.25, 0.3) is 5.91 Å².